The first-order valence-electron chi connectivity index (χ1n) is 9.79. The molecule has 0 aliphatic heterocycles. The summed E-state index contributed by atoms with van der Waals surface area (Å²) in [6, 6.07) is 16.0. The van der Waals surface area contributed by atoms with Crippen molar-refractivity contribution in [2.45, 2.75) is 52.4 Å². The van der Waals surface area contributed by atoms with Gasteiger partial charge in [-0.15, -0.1) is 0 Å². The predicted molar refractivity (Wildman–Crippen MR) is 114 cm³/mol. The fourth-order valence-corrected chi connectivity index (χ4v) is 2.66. The lowest BCUT2D eigenvalue weighted by Crippen LogP contribution is -2.32. The fourth-order valence-electron chi connectivity index (χ4n) is 2.66. The minimum Gasteiger partial charge on any atom is -0.492 e. The van der Waals surface area contributed by atoms with Crippen molar-refractivity contribution in [3.8, 4) is 11.5 Å². The van der Waals surface area contributed by atoms with E-state index < -0.39 is 0 Å². The van der Waals surface area contributed by atoms with Crippen molar-refractivity contribution in [2.75, 3.05) is 19.8 Å². The molecule has 0 saturated carbocycles. The highest BCUT2D eigenvalue weighted by molar-refractivity contribution is 5.77. The van der Waals surface area contributed by atoms with E-state index in [4.69, 9.17) is 9.47 Å². The number of benzene rings is 2. The summed E-state index contributed by atoms with van der Waals surface area (Å²) < 4.78 is 11.2. The van der Waals surface area contributed by atoms with Gasteiger partial charge in [-0.05, 0) is 46.2 Å². The molecule has 2 aromatic carbocycles. The van der Waals surface area contributed by atoms with E-state index in [1.54, 1.807) is 0 Å². The lowest BCUT2D eigenvalue weighted by molar-refractivity contribution is -0.123. The van der Waals surface area contributed by atoms with Crippen molar-refractivity contribution in [1.29, 1.82) is 0 Å². The molecule has 0 saturated heterocycles. The standard InChI is InChI=1S/C24H33NO3/c1-23(2,3)18-7-11-20(12-8-18)27-16-15-25-22(26)17-28-21-13-9-19(10-14-21)24(4,5)6/h7-14H,15-17H2,1-6H3,(H,25,26). The summed E-state index contributed by atoms with van der Waals surface area (Å²) >= 11 is 0. The van der Waals surface area contributed by atoms with Crippen LogP contribution in [0.3, 0.4) is 0 Å². The molecule has 1 N–H and O–H groups in total. The van der Waals surface area contributed by atoms with Crippen molar-refractivity contribution < 1.29 is 14.3 Å². The number of nitrogens with one attached hydrogen (secondary N) is 1. The Balaban J connectivity index is 1.67. The van der Waals surface area contributed by atoms with Crippen LogP contribution >= 0.6 is 0 Å². The second-order valence-corrected chi connectivity index (χ2v) is 9.04. The summed E-state index contributed by atoms with van der Waals surface area (Å²) in [5.74, 6) is 1.34. The Bertz CT molecular complexity index is 750. The molecule has 4 nitrogen and oxygen atoms in total. The van der Waals surface area contributed by atoms with Gasteiger partial charge >= 0.3 is 0 Å². The van der Waals surface area contributed by atoms with Gasteiger partial charge in [0.25, 0.3) is 5.91 Å². The Morgan fingerprint density at radius 2 is 1.18 bits per heavy atom. The SMILES string of the molecule is CC(C)(C)c1ccc(OCCNC(=O)COc2ccc(C(C)(C)C)cc2)cc1. The van der Waals surface area contributed by atoms with Gasteiger partial charge in [0.15, 0.2) is 6.61 Å². The second kappa shape index (κ2) is 9.13. The van der Waals surface area contributed by atoms with E-state index >= 15 is 0 Å². The van der Waals surface area contributed by atoms with E-state index in [9.17, 15) is 4.79 Å². The molecule has 1 amide bonds. The van der Waals surface area contributed by atoms with Crippen LogP contribution in [0.2, 0.25) is 0 Å². The van der Waals surface area contributed by atoms with Crippen LogP contribution in [0.1, 0.15) is 52.7 Å². The smallest absolute Gasteiger partial charge is 0.258 e. The van der Waals surface area contributed by atoms with Gasteiger partial charge in [-0.3, -0.25) is 4.79 Å². The molecule has 0 aliphatic carbocycles. The summed E-state index contributed by atoms with van der Waals surface area (Å²) in [4.78, 5) is 11.9. The summed E-state index contributed by atoms with van der Waals surface area (Å²) in [7, 11) is 0. The molecule has 4 heteroatoms. The first kappa shape index (κ1) is 21.8. The average molecular weight is 384 g/mol. The van der Waals surface area contributed by atoms with Crippen molar-refractivity contribution in [2.24, 2.45) is 0 Å². The van der Waals surface area contributed by atoms with E-state index in [2.05, 4.69) is 59.0 Å². The van der Waals surface area contributed by atoms with Crippen LogP contribution in [-0.4, -0.2) is 25.7 Å². The maximum atomic E-state index is 11.9. The van der Waals surface area contributed by atoms with Crippen LogP contribution in [0.25, 0.3) is 0 Å². The fraction of sp³-hybridized carbons (Fsp3) is 0.458. The third-order valence-corrected chi connectivity index (χ3v) is 4.50. The van der Waals surface area contributed by atoms with Crippen LogP contribution in [0.15, 0.2) is 48.5 Å². The van der Waals surface area contributed by atoms with Crippen LogP contribution in [0.4, 0.5) is 0 Å². The highest BCUT2D eigenvalue weighted by atomic mass is 16.5. The molecule has 2 aromatic rings. The average Bonchev–Trinajstić information content (AvgIpc) is 2.63. The van der Waals surface area contributed by atoms with E-state index in [0.29, 0.717) is 18.9 Å². The first-order valence-corrected chi connectivity index (χ1v) is 9.79. The number of hydrogen-bond donors (Lipinski definition) is 1. The molecule has 0 unspecified atom stereocenters. The third-order valence-electron chi connectivity index (χ3n) is 4.50. The Morgan fingerprint density at radius 3 is 1.61 bits per heavy atom. The minimum atomic E-state index is -0.161. The van der Waals surface area contributed by atoms with Gasteiger partial charge in [-0.1, -0.05) is 65.8 Å². The van der Waals surface area contributed by atoms with Crippen molar-refractivity contribution in [3.05, 3.63) is 59.7 Å². The maximum absolute atomic E-state index is 11.9. The number of amides is 1. The lowest BCUT2D eigenvalue weighted by atomic mass is 9.87. The number of carbonyl (C=O) groups is 1. The lowest BCUT2D eigenvalue weighted by Gasteiger charge is -2.19. The molecule has 152 valence electrons. The van der Waals surface area contributed by atoms with Gasteiger partial charge in [-0.25, -0.2) is 0 Å². The monoisotopic (exact) mass is 383 g/mol. The Labute approximate surface area is 169 Å². The summed E-state index contributed by atoms with van der Waals surface area (Å²) in [6.45, 7) is 13.9. The third kappa shape index (κ3) is 6.91. The van der Waals surface area contributed by atoms with E-state index in [1.807, 2.05) is 36.4 Å². The summed E-state index contributed by atoms with van der Waals surface area (Å²) in [6.07, 6.45) is 0. The Morgan fingerprint density at radius 1 is 0.750 bits per heavy atom. The molecule has 0 spiro atoms. The zero-order valence-corrected chi connectivity index (χ0v) is 18.0. The molecule has 2 rings (SSSR count). The molecule has 0 aromatic heterocycles. The van der Waals surface area contributed by atoms with Gasteiger partial charge in [-0.2, -0.15) is 0 Å². The predicted octanol–water partition coefficient (Wildman–Crippen LogP) is 4.86. The van der Waals surface area contributed by atoms with Gasteiger partial charge in [0.05, 0.1) is 6.54 Å². The number of hydrogen-bond acceptors (Lipinski definition) is 3. The van der Waals surface area contributed by atoms with Crippen LogP contribution in [0, 0.1) is 0 Å². The van der Waals surface area contributed by atoms with Crippen molar-refractivity contribution >= 4 is 5.91 Å². The molecule has 0 heterocycles. The topological polar surface area (TPSA) is 47.6 Å². The molecule has 0 atom stereocenters. The van der Waals surface area contributed by atoms with E-state index in [-0.39, 0.29) is 23.3 Å². The highest BCUT2D eigenvalue weighted by Crippen LogP contribution is 2.25. The molecule has 0 aliphatic rings. The first-order chi connectivity index (χ1) is 13.1. The van der Waals surface area contributed by atoms with Crippen LogP contribution in [-0.2, 0) is 15.6 Å². The Kier molecular flexibility index (Phi) is 7.11. The van der Waals surface area contributed by atoms with Crippen molar-refractivity contribution in [3.63, 3.8) is 0 Å². The van der Waals surface area contributed by atoms with E-state index in [0.717, 1.165) is 5.75 Å². The molecule has 0 radical (unpaired) electrons. The number of carbonyl (C=O) groups excluding carboxylic acids is 1. The van der Waals surface area contributed by atoms with Gasteiger partial charge < -0.3 is 14.8 Å². The quantitative estimate of drug-likeness (QED) is 0.695. The largest absolute Gasteiger partial charge is 0.492 e. The normalized spacial score (nSPS) is 11.8. The highest BCUT2D eigenvalue weighted by Gasteiger charge is 2.14. The summed E-state index contributed by atoms with van der Waals surface area (Å²) in [5, 5.41) is 2.81. The van der Waals surface area contributed by atoms with Crippen LogP contribution in [0.5, 0.6) is 11.5 Å². The molecular formula is C24H33NO3. The zero-order chi connectivity index (χ0) is 20.8. The zero-order valence-electron chi connectivity index (χ0n) is 18.0. The van der Waals surface area contributed by atoms with Gasteiger partial charge in [0.2, 0.25) is 0 Å². The summed E-state index contributed by atoms with van der Waals surface area (Å²) in [5.41, 5.74) is 2.72. The second-order valence-electron chi connectivity index (χ2n) is 9.04. The number of ether oxygens (including phenoxy) is 2. The maximum Gasteiger partial charge on any atom is 0.258 e. The van der Waals surface area contributed by atoms with E-state index in [1.165, 1.54) is 11.1 Å². The minimum absolute atomic E-state index is 0.00482. The van der Waals surface area contributed by atoms with Crippen LogP contribution < -0.4 is 14.8 Å². The molecule has 28 heavy (non-hydrogen) atoms. The molecule has 0 fully saturated rings. The van der Waals surface area contributed by atoms with Gasteiger partial charge in [0.1, 0.15) is 18.1 Å². The van der Waals surface area contributed by atoms with Crippen molar-refractivity contribution in [1.82, 2.24) is 5.32 Å². The number of rotatable bonds is 7. The molecular weight excluding hydrogens is 350 g/mol. The van der Waals surface area contributed by atoms with Gasteiger partial charge in [0, 0.05) is 0 Å². The Hall–Kier alpha value is -2.49. The molecule has 0 bridgehead atoms.